The summed E-state index contributed by atoms with van der Waals surface area (Å²) in [5.41, 5.74) is -0.181. The van der Waals surface area contributed by atoms with Crippen molar-refractivity contribution in [2.75, 3.05) is 19.6 Å². The number of piperidine rings is 1. The van der Waals surface area contributed by atoms with Gasteiger partial charge in [-0.3, -0.25) is 9.59 Å². The number of fused-ring (bicyclic) bond motifs is 1. The lowest BCUT2D eigenvalue weighted by atomic mass is 9.67. The van der Waals surface area contributed by atoms with E-state index in [-0.39, 0.29) is 35.7 Å². The van der Waals surface area contributed by atoms with Crippen molar-refractivity contribution in [2.24, 2.45) is 11.3 Å². The van der Waals surface area contributed by atoms with Crippen LogP contribution in [0.5, 0.6) is 0 Å². The molecule has 2 aliphatic heterocycles. The second-order valence-corrected chi connectivity index (χ2v) is 6.24. The number of rotatable bonds is 2. The Balaban J connectivity index is 0.00000147. The summed E-state index contributed by atoms with van der Waals surface area (Å²) in [6, 6.07) is 0.114. The molecule has 0 aromatic carbocycles. The number of hydrogen-bond acceptors (Lipinski definition) is 3. The Bertz CT molecular complexity index is 381. The molecule has 2 saturated heterocycles. The van der Waals surface area contributed by atoms with E-state index in [1.165, 1.54) is 12.8 Å². The number of carbonyl (C=O) groups is 2. The Labute approximate surface area is 126 Å². The van der Waals surface area contributed by atoms with Crippen molar-refractivity contribution in [3.8, 4) is 0 Å². The summed E-state index contributed by atoms with van der Waals surface area (Å²) in [5, 5.41) is 9.41. The van der Waals surface area contributed by atoms with E-state index >= 15 is 0 Å². The van der Waals surface area contributed by atoms with Crippen LogP contribution < -0.4 is 16.0 Å². The maximum Gasteiger partial charge on any atom is 0.228 e. The second-order valence-electron chi connectivity index (χ2n) is 6.24. The van der Waals surface area contributed by atoms with Gasteiger partial charge in [0, 0.05) is 25.6 Å². The molecule has 0 radical (unpaired) electrons. The molecule has 114 valence electrons. The predicted molar refractivity (Wildman–Crippen MR) is 78.7 cm³/mol. The van der Waals surface area contributed by atoms with Gasteiger partial charge >= 0.3 is 0 Å². The lowest BCUT2D eigenvalue weighted by Gasteiger charge is -2.38. The molecule has 3 aliphatic rings. The quantitative estimate of drug-likeness (QED) is 0.699. The summed E-state index contributed by atoms with van der Waals surface area (Å²) in [6.07, 6.45) is 5.89. The molecule has 0 aromatic rings. The lowest BCUT2D eigenvalue weighted by Crippen LogP contribution is -2.54. The van der Waals surface area contributed by atoms with Crippen LogP contribution in [0.25, 0.3) is 0 Å². The average molecular weight is 302 g/mol. The van der Waals surface area contributed by atoms with Gasteiger partial charge in [0.15, 0.2) is 0 Å². The van der Waals surface area contributed by atoms with Crippen molar-refractivity contribution < 1.29 is 9.59 Å². The highest BCUT2D eigenvalue weighted by molar-refractivity contribution is 5.85. The third-order valence-corrected chi connectivity index (χ3v) is 5.09. The minimum atomic E-state index is -0.181. The van der Waals surface area contributed by atoms with E-state index in [4.69, 9.17) is 0 Å². The third-order valence-electron chi connectivity index (χ3n) is 5.09. The fourth-order valence-corrected chi connectivity index (χ4v) is 3.88. The molecule has 2 heterocycles. The average Bonchev–Trinajstić information content (AvgIpc) is 2.86. The van der Waals surface area contributed by atoms with Crippen LogP contribution in [0.2, 0.25) is 0 Å². The summed E-state index contributed by atoms with van der Waals surface area (Å²) in [4.78, 5) is 23.8. The largest absolute Gasteiger partial charge is 0.354 e. The summed E-state index contributed by atoms with van der Waals surface area (Å²) in [6.45, 7) is 2.39. The van der Waals surface area contributed by atoms with Gasteiger partial charge in [-0.15, -0.1) is 12.4 Å². The second kappa shape index (κ2) is 6.31. The van der Waals surface area contributed by atoms with Crippen LogP contribution in [0.4, 0.5) is 0 Å². The van der Waals surface area contributed by atoms with E-state index in [0.29, 0.717) is 18.9 Å². The van der Waals surface area contributed by atoms with E-state index < -0.39 is 0 Å². The van der Waals surface area contributed by atoms with Gasteiger partial charge in [0.25, 0.3) is 0 Å². The molecule has 1 saturated carbocycles. The first-order chi connectivity index (χ1) is 9.21. The van der Waals surface area contributed by atoms with E-state index in [1.807, 2.05) is 0 Å². The van der Waals surface area contributed by atoms with Gasteiger partial charge in [-0.2, -0.15) is 0 Å². The van der Waals surface area contributed by atoms with Crippen molar-refractivity contribution in [3.05, 3.63) is 0 Å². The number of nitrogens with one attached hydrogen (secondary N) is 3. The van der Waals surface area contributed by atoms with Crippen LogP contribution in [0.3, 0.4) is 0 Å². The molecule has 0 bridgehead atoms. The topological polar surface area (TPSA) is 70.2 Å². The van der Waals surface area contributed by atoms with Crippen molar-refractivity contribution in [2.45, 2.75) is 44.6 Å². The van der Waals surface area contributed by atoms with Crippen LogP contribution in [-0.4, -0.2) is 37.5 Å². The minimum absolute atomic E-state index is 0. The van der Waals surface area contributed by atoms with Crippen LogP contribution in [0, 0.1) is 11.3 Å². The third kappa shape index (κ3) is 2.79. The van der Waals surface area contributed by atoms with Crippen LogP contribution >= 0.6 is 12.4 Å². The minimum Gasteiger partial charge on any atom is -0.354 e. The summed E-state index contributed by atoms with van der Waals surface area (Å²) in [7, 11) is 0. The molecule has 3 atom stereocenters. The molecule has 5 nitrogen and oxygen atoms in total. The van der Waals surface area contributed by atoms with Gasteiger partial charge in [0.1, 0.15) is 0 Å². The molecule has 0 spiro atoms. The molecular weight excluding hydrogens is 278 g/mol. The van der Waals surface area contributed by atoms with Gasteiger partial charge < -0.3 is 16.0 Å². The first kappa shape index (κ1) is 15.6. The van der Waals surface area contributed by atoms with E-state index in [9.17, 15) is 9.59 Å². The van der Waals surface area contributed by atoms with Gasteiger partial charge in [0.2, 0.25) is 11.8 Å². The monoisotopic (exact) mass is 301 g/mol. The van der Waals surface area contributed by atoms with E-state index in [1.54, 1.807) is 0 Å². The highest BCUT2D eigenvalue weighted by Crippen LogP contribution is 2.44. The fraction of sp³-hybridized carbons (Fsp3) is 0.857. The smallest absolute Gasteiger partial charge is 0.228 e. The number of carbonyl (C=O) groups excluding carboxylic acids is 2. The Morgan fingerprint density at radius 2 is 2.10 bits per heavy atom. The Morgan fingerprint density at radius 3 is 2.85 bits per heavy atom. The Hall–Kier alpha value is -0.810. The zero-order valence-corrected chi connectivity index (χ0v) is 12.6. The molecule has 3 N–H and O–H groups in total. The van der Waals surface area contributed by atoms with Crippen LogP contribution in [0.1, 0.15) is 38.5 Å². The van der Waals surface area contributed by atoms with Crippen molar-refractivity contribution >= 4 is 24.2 Å². The molecule has 3 fully saturated rings. The lowest BCUT2D eigenvalue weighted by molar-refractivity contribution is -0.135. The molecule has 2 amide bonds. The van der Waals surface area contributed by atoms with E-state index in [0.717, 1.165) is 32.4 Å². The van der Waals surface area contributed by atoms with Crippen molar-refractivity contribution in [3.63, 3.8) is 0 Å². The van der Waals surface area contributed by atoms with Crippen molar-refractivity contribution in [1.82, 2.24) is 16.0 Å². The molecule has 3 rings (SSSR count). The van der Waals surface area contributed by atoms with E-state index in [2.05, 4.69) is 16.0 Å². The Morgan fingerprint density at radius 1 is 1.25 bits per heavy atom. The van der Waals surface area contributed by atoms with Crippen molar-refractivity contribution in [1.29, 1.82) is 0 Å². The van der Waals surface area contributed by atoms with Gasteiger partial charge in [-0.05, 0) is 31.7 Å². The molecule has 20 heavy (non-hydrogen) atoms. The zero-order chi connectivity index (χ0) is 13.3. The maximum absolute atomic E-state index is 12.7. The first-order valence-corrected chi connectivity index (χ1v) is 7.49. The van der Waals surface area contributed by atoms with Crippen LogP contribution in [-0.2, 0) is 9.59 Å². The van der Waals surface area contributed by atoms with Gasteiger partial charge in [-0.25, -0.2) is 0 Å². The number of hydrogen-bond donors (Lipinski definition) is 3. The predicted octanol–water partition coefficient (Wildman–Crippen LogP) is 0.583. The standard InChI is InChI=1S/C14H23N3O2.ClH/c18-12-5-4-11(8-16-12)17-13(19)14-6-2-1-3-10(14)7-15-9-14;/h10-11,15H,1-9H2,(H,16,18)(H,17,19);1H/t10-,11?,14+;/m0./s1. The van der Waals surface area contributed by atoms with Gasteiger partial charge in [0.05, 0.1) is 5.41 Å². The fourth-order valence-electron chi connectivity index (χ4n) is 3.88. The SMILES string of the molecule is Cl.O=C1CCC(NC(=O)[C@@]23CCCC[C@H]2CNC3)CN1. The number of halogens is 1. The number of amides is 2. The molecule has 6 heteroatoms. The molecule has 1 unspecified atom stereocenters. The maximum atomic E-state index is 12.7. The normalized spacial score (nSPS) is 36.5. The molecule has 0 aromatic heterocycles. The highest BCUT2D eigenvalue weighted by Gasteiger charge is 2.50. The first-order valence-electron chi connectivity index (χ1n) is 7.49. The zero-order valence-electron chi connectivity index (χ0n) is 11.7. The van der Waals surface area contributed by atoms with Gasteiger partial charge in [-0.1, -0.05) is 12.8 Å². The Kier molecular flexibility index (Phi) is 4.91. The molecular formula is C14H24ClN3O2. The summed E-state index contributed by atoms with van der Waals surface area (Å²) < 4.78 is 0. The summed E-state index contributed by atoms with van der Waals surface area (Å²) >= 11 is 0. The summed E-state index contributed by atoms with van der Waals surface area (Å²) in [5.74, 6) is 0.810. The highest BCUT2D eigenvalue weighted by atomic mass is 35.5. The van der Waals surface area contributed by atoms with Crippen LogP contribution in [0.15, 0.2) is 0 Å². The molecule has 1 aliphatic carbocycles.